The van der Waals surface area contributed by atoms with Crippen LogP contribution in [0.15, 0.2) is 75.0 Å². The van der Waals surface area contributed by atoms with E-state index in [1.54, 1.807) is 30.3 Å². The van der Waals surface area contributed by atoms with Gasteiger partial charge in [-0.05, 0) is 51.1 Å². The average Bonchev–Trinajstić information content (AvgIpc) is 2.87. The van der Waals surface area contributed by atoms with Crippen LogP contribution in [0.2, 0.25) is 0 Å². The molecule has 4 rings (SSSR count). The van der Waals surface area contributed by atoms with E-state index in [0.717, 1.165) is 18.8 Å². The van der Waals surface area contributed by atoms with E-state index in [1.807, 2.05) is 32.9 Å². The lowest BCUT2D eigenvalue weighted by atomic mass is 9.93. The van der Waals surface area contributed by atoms with Crippen LogP contribution in [-0.4, -0.2) is 41.7 Å². The normalized spacial score (nSPS) is 13.3. The number of benzene rings is 3. The Morgan fingerprint density at radius 1 is 0.923 bits per heavy atom. The Morgan fingerprint density at radius 2 is 1.62 bits per heavy atom. The summed E-state index contributed by atoms with van der Waals surface area (Å²) in [7, 11) is -10.5. The summed E-state index contributed by atoms with van der Waals surface area (Å²) in [6, 6.07) is 16.4. The summed E-state index contributed by atoms with van der Waals surface area (Å²) < 4.78 is 85.6. The highest BCUT2D eigenvalue weighted by Crippen LogP contribution is 2.43. The lowest BCUT2D eigenvalue weighted by Crippen LogP contribution is -2.41. The molecule has 2 aromatic rings. The molecular formula is C27H29F2N3O5S2. The number of nitrogens with zero attached hydrogens (tertiary/aromatic N) is 2. The van der Waals surface area contributed by atoms with Gasteiger partial charge in [0.15, 0.2) is 0 Å². The summed E-state index contributed by atoms with van der Waals surface area (Å²) in [4.78, 5) is 6.07. The molecule has 2 aromatic carbocycles. The van der Waals surface area contributed by atoms with E-state index in [0.29, 0.717) is 39.8 Å². The molecule has 1 N–H and O–H groups in total. The Hall–Kier alpha value is -3.35. The zero-order valence-electron chi connectivity index (χ0n) is 21.9. The lowest BCUT2D eigenvalue weighted by Gasteiger charge is -2.23. The van der Waals surface area contributed by atoms with Crippen molar-refractivity contribution in [3.05, 3.63) is 66.0 Å². The van der Waals surface area contributed by atoms with Crippen molar-refractivity contribution >= 4 is 36.7 Å². The first-order valence-electron chi connectivity index (χ1n) is 12.3. The molecule has 12 heteroatoms. The Labute approximate surface area is 226 Å². The maximum atomic E-state index is 13.7. The molecular weight excluding hydrogens is 548 g/mol. The third kappa shape index (κ3) is 5.54. The van der Waals surface area contributed by atoms with Crippen LogP contribution in [0.5, 0.6) is 0 Å². The second-order valence-corrected chi connectivity index (χ2v) is 12.7. The van der Waals surface area contributed by atoms with Crippen LogP contribution < -0.4 is 14.4 Å². The fourth-order valence-electron chi connectivity index (χ4n) is 4.39. The predicted molar refractivity (Wildman–Crippen MR) is 148 cm³/mol. The summed E-state index contributed by atoms with van der Waals surface area (Å²) in [6.45, 7) is 8.11. The summed E-state index contributed by atoms with van der Waals surface area (Å²) in [6.07, 6.45) is 0. The maximum absolute atomic E-state index is 13.7. The minimum Gasteiger partial charge on any atom is -0.456 e. The second-order valence-electron chi connectivity index (χ2n) is 8.88. The number of alkyl halides is 2. The summed E-state index contributed by atoms with van der Waals surface area (Å²) in [5.74, 6) is 0.428. The van der Waals surface area contributed by atoms with Gasteiger partial charge in [0.05, 0.1) is 10.3 Å². The van der Waals surface area contributed by atoms with Crippen molar-refractivity contribution in [2.45, 2.75) is 37.8 Å². The zero-order valence-corrected chi connectivity index (χ0v) is 23.5. The highest BCUT2D eigenvalue weighted by atomic mass is 32.3. The highest BCUT2D eigenvalue weighted by Gasteiger charge is 2.43. The predicted octanol–water partition coefficient (Wildman–Crippen LogP) is 5.19. The summed E-state index contributed by atoms with van der Waals surface area (Å²) in [5, 5.41) is -3.09. The standard InChI is InChI=1S/C27H29F2N3O5S2/c1-5-30-18-12-14-20-23(16-18)37-24-17-19(32(6-2)7-3)13-15-21(24)26(20)22-10-8-9-11-25(22)38(33,34)31-39(35,36)27(4,28)29/h8-17,31H,5-7H2,1-4H3/b30-18-. The topological polar surface area (TPSA) is 109 Å². The number of nitrogens with one attached hydrogen (secondary N) is 1. The first-order valence-corrected chi connectivity index (χ1v) is 15.3. The number of fused-ring (bicyclic) bond motifs is 2. The lowest BCUT2D eigenvalue weighted by molar-refractivity contribution is 0.113. The van der Waals surface area contributed by atoms with Crippen molar-refractivity contribution in [1.29, 1.82) is 0 Å². The van der Waals surface area contributed by atoms with E-state index in [-0.39, 0.29) is 12.5 Å². The molecule has 0 fully saturated rings. The van der Waals surface area contributed by atoms with Crippen LogP contribution in [0, 0.1) is 0 Å². The largest absolute Gasteiger partial charge is 0.456 e. The monoisotopic (exact) mass is 577 g/mol. The molecule has 8 nitrogen and oxygen atoms in total. The number of halogens is 2. The Bertz CT molecular complexity index is 1780. The van der Waals surface area contributed by atoms with Gasteiger partial charge in [-0.15, -0.1) is 0 Å². The molecule has 1 aliphatic heterocycles. The smallest absolute Gasteiger partial charge is 0.357 e. The van der Waals surface area contributed by atoms with Crippen LogP contribution in [0.25, 0.3) is 33.4 Å². The Morgan fingerprint density at radius 3 is 2.26 bits per heavy atom. The number of rotatable bonds is 9. The average molecular weight is 578 g/mol. The van der Waals surface area contributed by atoms with Crippen molar-refractivity contribution in [3.63, 3.8) is 0 Å². The third-order valence-corrected chi connectivity index (χ3v) is 9.93. The van der Waals surface area contributed by atoms with Gasteiger partial charge in [-0.1, -0.05) is 22.3 Å². The second kappa shape index (κ2) is 10.7. The van der Waals surface area contributed by atoms with Crippen LogP contribution in [0.4, 0.5) is 14.5 Å². The first kappa shape index (κ1) is 28.7. The Balaban J connectivity index is 2.07. The molecule has 1 aliphatic carbocycles. The van der Waals surface area contributed by atoms with Crippen LogP contribution in [-0.2, 0) is 20.0 Å². The van der Waals surface area contributed by atoms with E-state index in [2.05, 4.69) is 9.89 Å². The molecule has 1 heterocycles. The summed E-state index contributed by atoms with van der Waals surface area (Å²) in [5.41, 5.74) is 2.47. The molecule has 2 aliphatic rings. The number of sulfonamides is 2. The first-order chi connectivity index (χ1) is 18.3. The number of hydrogen-bond donors (Lipinski definition) is 1. The molecule has 0 radical (unpaired) electrons. The fourth-order valence-corrected chi connectivity index (χ4v) is 7.21. The number of anilines is 1. The van der Waals surface area contributed by atoms with E-state index in [1.165, 1.54) is 22.3 Å². The van der Waals surface area contributed by atoms with Crippen molar-refractivity contribution < 1.29 is 30.0 Å². The van der Waals surface area contributed by atoms with Gasteiger partial charge < -0.3 is 9.32 Å². The van der Waals surface area contributed by atoms with Gasteiger partial charge >= 0.3 is 5.25 Å². The minimum atomic E-state index is -5.53. The third-order valence-electron chi connectivity index (χ3n) is 6.30. The van der Waals surface area contributed by atoms with Crippen LogP contribution in [0.3, 0.4) is 0 Å². The maximum Gasteiger partial charge on any atom is 0.357 e. The molecule has 0 atom stereocenters. The Kier molecular flexibility index (Phi) is 7.84. The van der Waals surface area contributed by atoms with E-state index < -0.39 is 30.2 Å². The minimum absolute atomic E-state index is 0.114. The van der Waals surface area contributed by atoms with Gasteiger partial charge in [-0.3, -0.25) is 4.99 Å². The molecule has 0 saturated heterocycles. The van der Waals surface area contributed by atoms with E-state index in [4.69, 9.17) is 4.42 Å². The van der Waals surface area contributed by atoms with Crippen molar-refractivity contribution in [2.75, 3.05) is 24.5 Å². The van der Waals surface area contributed by atoms with Gasteiger partial charge in [0.25, 0.3) is 20.0 Å². The SMILES string of the molecule is CC/N=c1/ccc2c(-c3ccccc3S(=O)(=O)NS(=O)(=O)C(C)(F)F)c3ccc(N(CC)CC)cc3oc-2c1. The van der Waals surface area contributed by atoms with Crippen LogP contribution >= 0.6 is 0 Å². The van der Waals surface area contributed by atoms with Gasteiger partial charge in [-0.25, -0.2) is 16.8 Å². The molecule has 0 spiro atoms. The van der Waals surface area contributed by atoms with Gasteiger partial charge in [0, 0.05) is 66.5 Å². The zero-order chi connectivity index (χ0) is 28.6. The van der Waals surface area contributed by atoms with Gasteiger partial charge in [0.2, 0.25) is 0 Å². The van der Waals surface area contributed by atoms with Gasteiger partial charge in [-0.2, -0.15) is 8.78 Å². The molecule has 0 aromatic heterocycles. The quantitative estimate of drug-likeness (QED) is 0.274. The van der Waals surface area contributed by atoms with Gasteiger partial charge in [0.1, 0.15) is 11.3 Å². The van der Waals surface area contributed by atoms with E-state index in [9.17, 15) is 25.6 Å². The molecule has 39 heavy (non-hydrogen) atoms. The molecule has 0 amide bonds. The highest BCUT2D eigenvalue weighted by molar-refractivity contribution is 8.05. The van der Waals surface area contributed by atoms with Crippen LogP contribution in [0.1, 0.15) is 27.7 Å². The molecule has 208 valence electrons. The number of hydrogen-bond acceptors (Lipinski definition) is 7. The molecule has 0 saturated carbocycles. The molecule has 0 unspecified atom stereocenters. The molecule has 0 bridgehead atoms. The fraction of sp³-hybridized carbons (Fsp3) is 0.296. The van der Waals surface area contributed by atoms with Crippen molar-refractivity contribution in [2.24, 2.45) is 4.99 Å². The summed E-state index contributed by atoms with van der Waals surface area (Å²) >= 11 is 0. The van der Waals surface area contributed by atoms with E-state index >= 15 is 0 Å². The van der Waals surface area contributed by atoms with Crippen molar-refractivity contribution in [3.8, 4) is 22.5 Å². The van der Waals surface area contributed by atoms with Crippen molar-refractivity contribution in [1.82, 2.24) is 4.13 Å².